The third-order valence-electron chi connectivity index (χ3n) is 1.80. The van der Waals surface area contributed by atoms with E-state index in [4.69, 9.17) is 9.47 Å². The molecule has 0 aromatic rings. The molecule has 0 aliphatic heterocycles. The topological polar surface area (TPSA) is 18.5 Å². The molecule has 0 aromatic heterocycles. The average molecular weight is 198 g/mol. The SMILES string of the molecule is CC#CC(OCCCC)OCCCC. The van der Waals surface area contributed by atoms with E-state index in [-0.39, 0.29) is 6.29 Å². The highest BCUT2D eigenvalue weighted by Gasteiger charge is 2.03. The van der Waals surface area contributed by atoms with Crippen LogP contribution >= 0.6 is 0 Å². The van der Waals surface area contributed by atoms with Crippen LogP contribution in [-0.2, 0) is 9.47 Å². The Morgan fingerprint density at radius 3 is 1.86 bits per heavy atom. The molecule has 2 nitrogen and oxygen atoms in total. The van der Waals surface area contributed by atoms with Crippen molar-refractivity contribution in [3.63, 3.8) is 0 Å². The largest absolute Gasteiger partial charge is 0.342 e. The van der Waals surface area contributed by atoms with Crippen molar-refractivity contribution in [1.82, 2.24) is 0 Å². The Labute approximate surface area is 88.0 Å². The molecule has 2 heteroatoms. The standard InChI is InChI=1S/C12H22O2/c1-4-7-10-13-12(9-6-3)14-11-8-5-2/h12H,4-5,7-8,10-11H2,1-3H3. The molecule has 14 heavy (non-hydrogen) atoms. The fraction of sp³-hybridized carbons (Fsp3) is 0.833. The Bertz CT molecular complexity index is 157. The van der Waals surface area contributed by atoms with Crippen molar-refractivity contribution in [2.45, 2.75) is 52.7 Å². The molecule has 0 bridgehead atoms. The molecule has 0 heterocycles. The average Bonchev–Trinajstić information content (AvgIpc) is 2.18. The summed E-state index contributed by atoms with van der Waals surface area (Å²) in [4.78, 5) is 0. The van der Waals surface area contributed by atoms with Gasteiger partial charge >= 0.3 is 0 Å². The zero-order chi connectivity index (χ0) is 10.6. The summed E-state index contributed by atoms with van der Waals surface area (Å²) < 4.78 is 10.9. The molecule has 0 saturated carbocycles. The summed E-state index contributed by atoms with van der Waals surface area (Å²) in [5.41, 5.74) is 0. The van der Waals surface area contributed by atoms with E-state index in [2.05, 4.69) is 25.7 Å². The monoisotopic (exact) mass is 198 g/mol. The molecule has 0 atom stereocenters. The van der Waals surface area contributed by atoms with Gasteiger partial charge in [-0.05, 0) is 25.7 Å². The van der Waals surface area contributed by atoms with Gasteiger partial charge in [0, 0.05) is 0 Å². The number of hydrogen-bond acceptors (Lipinski definition) is 2. The lowest BCUT2D eigenvalue weighted by Gasteiger charge is -2.12. The maximum atomic E-state index is 5.47. The van der Waals surface area contributed by atoms with Gasteiger partial charge in [-0.25, -0.2) is 0 Å². The van der Waals surface area contributed by atoms with E-state index in [9.17, 15) is 0 Å². The summed E-state index contributed by atoms with van der Waals surface area (Å²) in [5, 5.41) is 0. The Kier molecular flexibility index (Phi) is 10.2. The van der Waals surface area contributed by atoms with Crippen LogP contribution in [0.3, 0.4) is 0 Å². The molecule has 0 unspecified atom stereocenters. The predicted molar refractivity (Wildman–Crippen MR) is 59.0 cm³/mol. The smallest absolute Gasteiger partial charge is 0.222 e. The van der Waals surface area contributed by atoms with Crippen LogP contribution in [-0.4, -0.2) is 19.5 Å². The van der Waals surface area contributed by atoms with Gasteiger partial charge in [-0.15, -0.1) is 5.92 Å². The lowest BCUT2D eigenvalue weighted by Crippen LogP contribution is -2.16. The van der Waals surface area contributed by atoms with Crippen molar-refractivity contribution in [3.8, 4) is 11.8 Å². The molecular formula is C12H22O2. The summed E-state index contributed by atoms with van der Waals surface area (Å²) in [6, 6.07) is 0. The number of hydrogen-bond donors (Lipinski definition) is 0. The Morgan fingerprint density at radius 1 is 1.00 bits per heavy atom. The van der Waals surface area contributed by atoms with Crippen molar-refractivity contribution in [3.05, 3.63) is 0 Å². The lowest BCUT2D eigenvalue weighted by atomic mass is 10.3. The van der Waals surface area contributed by atoms with Crippen molar-refractivity contribution < 1.29 is 9.47 Å². The van der Waals surface area contributed by atoms with E-state index in [1.807, 2.05) is 0 Å². The van der Waals surface area contributed by atoms with Crippen LogP contribution in [0.25, 0.3) is 0 Å². The molecule has 0 spiro atoms. The first kappa shape index (κ1) is 13.5. The second-order valence-electron chi connectivity index (χ2n) is 3.17. The van der Waals surface area contributed by atoms with Crippen LogP contribution < -0.4 is 0 Å². The van der Waals surface area contributed by atoms with Crippen molar-refractivity contribution in [2.24, 2.45) is 0 Å². The van der Waals surface area contributed by atoms with Crippen LogP contribution in [0, 0.1) is 11.8 Å². The first-order chi connectivity index (χ1) is 6.85. The highest BCUT2D eigenvalue weighted by atomic mass is 16.7. The predicted octanol–water partition coefficient (Wildman–Crippen LogP) is 2.97. The molecule has 0 aliphatic rings. The second kappa shape index (κ2) is 10.6. The van der Waals surface area contributed by atoms with E-state index in [1.54, 1.807) is 6.92 Å². The number of ether oxygens (including phenoxy) is 2. The first-order valence-corrected chi connectivity index (χ1v) is 5.50. The van der Waals surface area contributed by atoms with Gasteiger partial charge in [-0.1, -0.05) is 26.7 Å². The third-order valence-corrected chi connectivity index (χ3v) is 1.80. The van der Waals surface area contributed by atoms with Gasteiger partial charge in [-0.2, -0.15) is 0 Å². The Balaban J connectivity index is 3.59. The summed E-state index contributed by atoms with van der Waals surface area (Å²) in [7, 11) is 0. The maximum absolute atomic E-state index is 5.47. The van der Waals surface area contributed by atoms with Crippen LogP contribution in [0.5, 0.6) is 0 Å². The molecule has 0 aromatic carbocycles. The summed E-state index contributed by atoms with van der Waals surface area (Å²) in [6.07, 6.45) is 4.10. The van der Waals surface area contributed by atoms with E-state index in [0.29, 0.717) is 0 Å². The van der Waals surface area contributed by atoms with Crippen molar-refractivity contribution in [1.29, 1.82) is 0 Å². The Hall–Kier alpha value is -0.520. The summed E-state index contributed by atoms with van der Waals surface area (Å²) >= 11 is 0. The van der Waals surface area contributed by atoms with E-state index < -0.39 is 0 Å². The number of rotatable bonds is 8. The fourth-order valence-electron chi connectivity index (χ4n) is 0.919. The third kappa shape index (κ3) is 8.10. The zero-order valence-corrected chi connectivity index (χ0v) is 9.64. The van der Waals surface area contributed by atoms with Crippen molar-refractivity contribution in [2.75, 3.05) is 13.2 Å². The first-order valence-electron chi connectivity index (χ1n) is 5.50. The molecule has 0 aliphatic carbocycles. The minimum atomic E-state index is -0.321. The van der Waals surface area contributed by atoms with Gasteiger partial charge in [0.15, 0.2) is 0 Å². The van der Waals surface area contributed by atoms with Crippen LogP contribution in [0.4, 0.5) is 0 Å². The van der Waals surface area contributed by atoms with Gasteiger partial charge in [0.05, 0.1) is 13.2 Å². The lowest BCUT2D eigenvalue weighted by molar-refractivity contribution is -0.106. The highest BCUT2D eigenvalue weighted by Crippen LogP contribution is 1.99. The summed E-state index contributed by atoms with van der Waals surface area (Å²) in [6.45, 7) is 7.56. The quantitative estimate of drug-likeness (QED) is 0.339. The van der Waals surface area contributed by atoms with Gasteiger partial charge in [0.25, 0.3) is 0 Å². The van der Waals surface area contributed by atoms with E-state index in [1.165, 1.54) is 0 Å². The molecule has 82 valence electrons. The second-order valence-corrected chi connectivity index (χ2v) is 3.17. The fourth-order valence-corrected chi connectivity index (χ4v) is 0.919. The van der Waals surface area contributed by atoms with Crippen molar-refractivity contribution >= 4 is 0 Å². The normalized spacial score (nSPS) is 10.0. The van der Waals surface area contributed by atoms with E-state index >= 15 is 0 Å². The minimum absolute atomic E-state index is 0.321. The molecule has 0 radical (unpaired) electrons. The van der Waals surface area contributed by atoms with Crippen LogP contribution in [0.15, 0.2) is 0 Å². The van der Waals surface area contributed by atoms with E-state index in [0.717, 1.165) is 38.9 Å². The van der Waals surface area contributed by atoms with Gasteiger partial charge < -0.3 is 9.47 Å². The molecule has 0 saturated heterocycles. The summed E-state index contributed by atoms with van der Waals surface area (Å²) in [5.74, 6) is 5.73. The zero-order valence-electron chi connectivity index (χ0n) is 9.64. The highest BCUT2D eigenvalue weighted by molar-refractivity contribution is 4.98. The van der Waals surface area contributed by atoms with Gasteiger partial charge in [0.1, 0.15) is 0 Å². The van der Waals surface area contributed by atoms with Crippen LogP contribution in [0.2, 0.25) is 0 Å². The molecule has 0 fully saturated rings. The van der Waals surface area contributed by atoms with Gasteiger partial charge in [0.2, 0.25) is 6.29 Å². The molecule has 0 rings (SSSR count). The van der Waals surface area contributed by atoms with Gasteiger partial charge in [-0.3, -0.25) is 0 Å². The van der Waals surface area contributed by atoms with Crippen LogP contribution in [0.1, 0.15) is 46.5 Å². The molecular weight excluding hydrogens is 176 g/mol. The minimum Gasteiger partial charge on any atom is -0.342 e. The Morgan fingerprint density at radius 2 is 1.50 bits per heavy atom. The molecule has 0 N–H and O–H groups in total. The number of unbranched alkanes of at least 4 members (excludes halogenated alkanes) is 2. The molecule has 0 amide bonds. The maximum Gasteiger partial charge on any atom is 0.222 e.